The number of aliphatic hydroxyl groups is 2. The Morgan fingerprint density at radius 1 is 0.519 bits per heavy atom. The van der Waals surface area contributed by atoms with Crippen LogP contribution >= 0.6 is 0 Å². The van der Waals surface area contributed by atoms with Crippen molar-refractivity contribution >= 4 is 11.9 Å². The molecule has 3 N–H and O–H groups in total. The molecule has 0 fully saturated rings. The molecule has 0 aliphatic heterocycles. The van der Waals surface area contributed by atoms with Crippen LogP contribution in [-0.2, 0) is 14.3 Å². The van der Waals surface area contributed by atoms with Crippen molar-refractivity contribution in [2.75, 3.05) is 13.2 Å². The van der Waals surface area contributed by atoms with Crippen LogP contribution < -0.4 is 5.32 Å². The van der Waals surface area contributed by atoms with E-state index in [2.05, 4.69) is 31.3 Å². The van der Waals surface area contributed by atoms with Gasteiger partial charge in [-0.3, -0.25) is 9.59 Å². The summed E-state index contributed by atoms with van der Waals surface area (Å²) in [7, 11) is 0. The van der Waals surface area contributed by atoms with Gasteiger partial charge < -0.3 is 20.3 Å². The molecular weight excluding hydrogens is 647 g/mol. The minimum atomic E-state index is -0.692. The molecule has 1 amide bonds. The lowest BCUT2D eigenvalue weighted by atomic mass is 10.0. The van der Waals surface area contributed by atoms with E-state index in [1.807, 2.05) is 0 Å². The molecule has 6 heteroatoms. The maximum absolute atomic E-state index is 12.4. The Balaban J connectivity index is 3.54. The average molecular weight is 736 g/mol. The summed E-state index contributed by atoms with van der Waals surface area (Å²) in [6, 6.07) is -0.576. The molecule has 0 rings (SSSR count). The van der Waals surface area contributed by atoms with Gasteiger partial charge in [0.2, 0.25) is 5.91 Å². The van der Waals surface area contributed by atoms with Crippen LogP contribution in [-0.4, -0.2) is 47.4 Å². The topological polar surface area (TPSA) is 95.9 Å². The van der Waals surface area contributed by atoms with Crippen molar-refractivity contribution in [3.63, 3.8) is 0 Å². The van der Waals surface area contributed by atoms with E-state index < -0.39 is 12.1 Å². The van der Waals surface area contributed by atoms with Gasteiger partial charge in [-0.1, -0.05) is 199 Å². The fourth-order valence-electron chi connectivity index (χ4n) is 6.99. The fourth-order valence-corrected chi connectivity index (χ4v) is 6.99. The highest BCUT2D eigenvalue weighted by Crippen LogP contribution is 2.16. The van der Waals surface area contributed by atoms with Crippen molar-refractivity contribution in [3.05, 3.63) is 12.2 Å². The molecule has 0 aliphatic rings. The number of allylic oxidation sites excluding steroid dienone is 2. The number of aliphatic hydroxyl groups excluding tert-OH is 2. The molecule has 52 heavy (non-hydrogen) atoms. The Hall–Kier alpha value is -1.40. The minimum absolute atomic E-state index is 0.0339. The predicted molar refractivity (Wildman–Crippen MR) is 223 cm³/mol. The first kappa shape index (κ1) is 50.6. The normalized spacial score (nSPS) is 12.8. The summed E-state index contributed by atoms with van der Waals surface area (Å²) in [6.45, 7) is 4.85. The van der Waals surface area contributed by atoms with Crippen molar-refractivity contribution in [1.82, 2.24) is 5.32 Å². The Morgan fingerprint density at radius 3 is 1.40 bits per heavy atom. The summed E-state index contributed by atoms with van der Waals surface area (Å²) in [5.74, 6) is -0.130. The van der Waals surface area contributed by atoms with Gasteiger partial charge in [0, 0.05) is 12.8 Å². The number of hydrogen-bond acceptors (Lipinski definition) is 5. The first-order valence-electron chi connectivity index (χ1n) is 22.9. The molecule has 308 valence electrons. The minimum Gasteiger partial charge on any atom is -0.466 e. The number of carbonyl (C=O) groups excluding carboxylic acids is 2. The zero-order valence-corrected chi connectivity index (χ0v) is 34.8. The lowest BCUT2D eigenvalue weighted by Gasteiger charge is -2.22. The second-order valence-electron chi connectivity index (χ2n) is 15.7. The van der Waals surface area contributed by atoms with Gasteiger partial charge in [-0.05, 0) is 44.9 Å². The second-order valence-corrected chi connectivity index (χ2v) is 15.7. The third kappa shape index (κ3) is 38.3. The Bertz CT molecular complexity index is 772. The van der Waals surface area contributed by atoms with Crippen LogP contribution in [0.25, 0.3) is 0 Å². The summed E-state index contributed by atoms with van der Waals surface area (Å²) >= 11 is 0. The maximum Gasteiger partial charge on any atom is 0.305 e. The predicted octanol–water partition coefficient (Wildman–Crippen LogP) is 13.0. The van der Waals surface area contributed by atoms with Crippen LogP contribution in [0.15, 0.2) is 12.2 Å². The van der Waals surface area contributed by atoms with E-state index >= 15 is 0 Å². The lowest BCUT2D eigenvalue weighted by Crippen LogP contribution is -2.45. The Labute approximate surface area is 323 Å². The van der Waals surface area contributed by atoms with Crippen LogP contribution in [0, 0.1) is 0 Å². The van der Waals surface area contributed by atoms with E-state index in [-0.39, 0.29) is 18.5 Å². The number of esters is 1. The zero-order chi connectivity index (χ0) is 38.0. The van der Waals surface area contributed by atoms with Gasteiger partial charge >= 0.3 is 5.97 Å². The maximum atomic E-state index is 12.4. The second kappa shape index (κ2) is 42.3. The molecule has 0 saturated heterocycles. The number of unbranched alkanes of at least 4 members (excludes halogenated alkanes) is 29. The van der Waals surface area contributed by atoms with Crippen LogP contribution in [0.5, 0.6) is 0 Å². The van der Waals surface area contributed by atoms with Gasteiger partial charge in [-0.25, -0.2) is 0 Å². The summed E-state index contributed by atoms with van der Waals surface area (Å²) in [5, 5.41) is 23.0. The Kier molecular flexibility index (Phi) is 41.2. The lowest BCUT2D eigenvalue weighted by molar-refractivity contribution is -0.143. The summed E-state index contributed by atoms with van der Waals surface area (Å²) in [5.41, 5.74) is 0. The molecule has 0 aliphatic carbocycles. The SMILES string of the molecule is CCCCCCCCCCCCCCCCC(=O)OCCCCCC/C=C\CCCC(=O)NC(CO)C(O)CCCCCCCCCCCCCC. The van der Waals surface area contributed by atoms with Crippen molar-refractivity contribution in [3.8, 4) is 0 Å². The first-order valence-corrected chi connectivity index (χ1v) is 22.9. The molecule has 2 atom stereocenters. The third-order valence-electron chi connectivity index (χ3n) is 10.6. The van der Waals surface area contributed by atoms with E-state index in [0.717, 1.165) is 70.6 Å². The van der Waals surface area contributed by atoms with Gasteiger partial charge in [0.15, 0.2) is 0 Å². The number of hydrogen-bond donors (Lipinski definition) is 3. The molecule has 0 aromatic rings. The van der Waals surface area contributed by atoms with E-state index in [1.165, 1.54) is 141 Å². The highest BCUT2D eigenvalue weighted by molar-refractivity contribution is 5.76. The van der Waals surface area contributed by atoms with E-state index in [0.29, 0.717) is 25.9 Å². The monoisotopic (exact) mass is 736 g/mol. The largest absolute Gasteiger partial charge is 0.466 e. The van der Waals surface area contributed by atoms with E-state index in [4.69, 9.17) is 4.74 Å². The van der Waals surface area contributed by atoms with Crippen LogP contribution in [0.4, 0.5) is 0 Å². The van der Waals surface area contributed by atoms with Gasteiger partial charge in [0.05, 0.1) is 25.4 Å². The number of nitrogens with one attached hydrogen (secondary N) is 1. The number of rotatable bonds is 42. The Morgan fingerprint density at radius 2 is 0.923 bits per heavy atom. The highest BCUT2D eigenvalue weighted by Gasteiger charge is 2.19. The van der Waals surface area contributed by atoms with Crippen LogP contribution in [0.1, 0.15) is 245 Å². The molecule has 0 aromatic carbocycles. The molecule has 0 bridgehead atoms. The molecular formula is C46H89NO5. The fraction of sp³-hybridized carbons (Fsp3) is 0.913. The van der Waals surface area contributed by atoms with Crippen LogP contribution in [0.2, 0.25) is 0 Å². The molecule has 0 saturated carbocycles. The van der Waals surface area contributed by atoms with Crippen molar-refractivity contribution in [2.24, 2.45) is 0 Å². The van der Waals surface area contributed by atoms with E-state index in [9.17, 15) is 19.8 Å². The van der Waals surface area contributed by atoms with Crippen molar-refractivity contribution in [1.29, 1.82) is 0 Å². The van der Waals surface area contributed by atoms with Gasteiger partial charge in [0.1, 0.15) is 0 Å². The molecule has 0 heterocycles. The zero-order valence-electron chi connectivity index (χ0n) is 34.8. The summed E-state index contributed by atoms with van der Waals surface area (Å²) < 4.78 is 5.43. The number of carbonyl (C=O) groups is 2. The number of amides is 1. The molecule has 2 unspecified atom stereocenters. The number of ether oxygens (including phenoxy) is 1. The smallest absolute Gasteiger partial charge is 0.305 e. The highest BCUT2D eigenvalue weighted by atomic mass is 16.5. The average Bonchev–Trinajstić information content (AvgIpc) is 3.14. The quantitative estimate of drug-likeness (QED) is 0.0329. The molecule has 0 radical (unpaired) electrons. The van der Waals surface area contributed by atoms with Gasteiger partial charge in [-0.15, -0.1) is 0 Å². The van der Waals surface area contributed by atoms with Crippen molar-refractivity contribution < 1.29 is 24.5 Å². The van der Waals surface area contributed by atoms with Crippen LogP contribution in [0.3, 0.4) is 0 Å². The van der Waals surface area contributed by atoms with Crippen molar-refractivity contribution in [2.45, 2.75) is 257 Å². The summed E-state index contributed by atoms with van der Waals surface area (Å²) in [6.07, 6.45) is 46.0. The molecule has 6 nitrogen and oxygen atoms in total. The van der Waals surface area contributed by atoms with Gasteiger partial charge in [-0.2, -0.15) is 0 Å². The van der Waals surface area contributed by atoms with Gasteiger partial charge in [0.25, 0.3) is 0 Å². The third-order valence-corrected chi connectivity index (χ3v) is 10.6. The molecule has 0 spiro atoms. The first-order chi connectivity index (χ1) is 25.5. The van der Waals surface area contributed by atoms with E-state index in [1.54, 1.807) is 0 Å². The molecule has 0 aromatic heterocycles. The standard InChI is InChI=1S/C46H89NO5/c1-3-5-7-9-11-13-15-17-18-20-24-28-32-36-40-46(51)52-41-37-33-29-25-21-23-27-31-35-39-45(50)47-43(42-48)44(49)38-34-30-26-22-19-16-14-12-10-8-6-4-2/h23,27,43-44,48-49H,3-22,24-26,28-42H2,1-2H3,(H,47,50)/b27-23-. The summed E-state index contributed by atoms with van der Waals surface area (Å²) in [4.78, 5) is 24.4.